The molecule has 0 saturated heterocycles. The lowest BCUT2D eigenvalue weighted by atomic mass is 10.2. The van der Waals surface area contributed by atoms with Gasteiger partial charge in [0.05, 0.1) is 5.56 Å². The summed E-state index contributed by atoms with van der Waals surface area (Å²) >= 11 is 0. The van der Waals surface area contributed by atoms with Gasteiger partial charge in [-0.25, -0.2) is 4.98 Å². The van der Waals surface area contributed by atoms with Crippen LogP contribution in [0.2, 0.25) is 0 Å². The van der Waals surface area contributed by atoms with E-state index in [2.05, 4.69) is 15.6 Å². The first-order chi connectivity index (χ1) is 9.18. The molecule has 1 rings (SSSR count). The van der Waals surface area contributed by atoms with Crippen molar-refractivity contribution in [1.29, 1.82) is 0 Å². The van der Waals surface area contributed by atoms with E-state index in [1.807, 2.05) is 13.8 Å². The lowest BCUT2D eigenvalue weighted by Crippen LogP contribution is -2.34. The quantitative estimate of drug-likeness (QED) is 0.876. The Hall–Kier alpha value is -1.79. The van der Waals surface area contributed by atoms with Crippen molar-refractivity contribution in [1.82, 2.24) is 10.3 Å². The van der Waals surface area contributed by atoms with Crippen molar-refractivity contribution in [3.8, 4) is 0 Å². The fourth-order valence-electron chi connectivity index (χ4n) is 1.65. The highest BCUT2D eigenvalue weighted by Crippen LogP contribution is 2.29. The lowest BCUT2D eigenvalue weighted by molar-refractivity contribution is -0.137. The first-order valence-electron chi connectivity index (χ1n) is 6.27. The molecule has 0 radical (unpaired) electrons. The summed E-state index contributed by atoms with van der Waals surface area (Å²) in [6, 6.07) is 1.55. The van der Waals surface area contributed by atoms with Crippen LogP contribution in [-0.2, 0) is 11.0 Å². The molecule has 1 amide bonds. The second kappa shape index (κ2) is 6.58. The minimum Gasteiger partial charge on any atom is -0.367 e. The molecule has 0 fully saturated rings. The lowest BCUT2D eigenvalue weighted by Gasteiger charge is -2.16. The summed E-state index contributed by atoms with van der Waals surface area (Å²) in [7, 11) is 0. The van der Waals surface area contributed by atoms with Crippen LogP contribution in [0.4, 0.5) is 19.0 Å². The third kappa shape index (κ3) is 5.46. The van der Waals surface area contributed by atoms with Crippen LogP contribution in [0.15, 0.2) is 18.3 Å². The zero-order valence-electron chi connectivity index (χ0n) is 11.6. The zero-order valence-corrected chi connectivity index (χ0v) is 11.6. The van der Waals surface area contributed by atoms with Gasteiger partial charge in [-0.3, -0.25) is 4.79 Å². The van der Waals surface area contributed by atoms with Crippen molar-refractivity contribution < 1.29 is 18.0 Å². The van der Waals surface area contributed by atoms with E-state index in [1.165, 1.54) is 0 Å². The minimum atomic E-state index is -4.41. The van der Waals surface area contributed by atoms with Gasteiger partial charge in [-0.05, 0) is 32.9 Å². The van der Waals surface area contributed by atoms with E-state index in [0.717, 1.165) is 18.3 Å². The molecule has 1 aromatic heterocycles. The first-order valence-corrected chi connectivity index (χ1v) is 6.27. The van der Waals surface area contributed by atoms with Crippen LogP contribution >= 0.6 is 0 Å². The first kappa shape index (κ1) is 16.3. The number of alkyl halides is 3. The van der Waals surface area contributed by atoms with Crippen LogP contribution in [0.5, 0.6) is 0 Å². The summed E-state index contributed by atoms with van der Waals surface area (Å²) in [5.41, 5.74) is -0.770. The number of carbonyl (C=O) groups is 1. The molecular formula is C13H18F3N3O. The molecule has 112 valence electrons. The Morgan fingerprint density at radius 3 is 2.55 bits per heavy atom. The molecule has 1 heterocycles. The number of nitrogens with one attached hydrogen (secondary N) is 2. The Kier molecular flexibility index (Phi) is 5.35. The van der Waals surface area contributed by atoms with Gasteiger partial charge in [0.1, 0.15) is 5.82 Å². The predicted octanol–water partition coefficient (Wildman–Crippen LogP) is 2.82. The number of nitrogens with zero attached hydrogens (tertiary/aromatic N) is 1. The van der Waals surface area contributed by atoms with E-state index in [1.54, 1.807) is 6.92 Å². The van der Waals surface area contributed by atoms with E-state index < -0.39 is 11.7 Å². The van der Waals surface area contributed by atoms with Gasteiger partial charge in [0.25, 0.3) is 0 Å². The molecule has 7 heteroatoms. The number of hydrogen-bond donors (Lipinski definition) is 2. The summed E-state index contributed by atoms with van der Waals surface area (Å²) < 4.78 is 37.6. The summed E-state index contributed by atoms with van der Waals surface area (Å²) in [5.74, 6) is -0.0587. The third-order valence-corrected chi connectivity index (χ3v) is 2.42. The smallest absolute Gasteiger partial charge is 0.367 e. The van der Waals surface area contributed by atoms with Crippen molar-refractivity contribution >= 4 is 11.7 Å². The van der Waals surface area contributed by atoms with Gasteiger partial charge in [0.15, 0.2) is 0 Å². The Bertz CT molecular complexity index is 460. The minimum absolute atomic E-state index is 0.0291. The highest BCUT2D eigenvalue weighted by molar-refractivity contribution is 5.77. The Balaban J connectivity index is 2.62. The van der Waals surface area contributed by atoms with Crippen LogP contribution in [0.25, 0.3) is 0 Å². The fourth-order valence-corrected chi connectivity index (χ4v) is 1.65. The zero-order chi connectivity index (χ0) is 15.3. The second-order valence-electron chi connectivity index (χ2n) is 4.90. The number of carbonyl (C=O) groups excluding carboxylic acids is 1. The number of amides is 1. The Morgan fingerprint density at radius 2 is 2.00 bits per heavy atom. The fraction of sp³-hybridized carbons (Fsp3) is 0.538. The maximum Gasteiger partial charge on any atom is 0.416 e. The average Bonchev–Trinajstić information content (AvgIpc) is 2.26. The molecule has 0 saturated carbocycles. The molecular weight excluding hydrogens is 271 g/mol. The number of rotatable bonds is 5. The molecule has 2 N–H and O–H groups in total. The van der Waals surface area contributed by atoms with Gasteiger partial charge >= 0.3 is 6.18 Å². The highest BCUT2D eigenvalue weighted by atomic mass is 19.4. The normalized spacial score (nSPS) is 13.2. The third-order valence-electron chi connectivity index (χ3n) is 2.42. The number of halogens is 3. The summed E-state index contributed by atoms with van der Waals surface area (Å²) in [4.78, 5) is 15.3. The maximum atomic E-state index is 12.5. The van der Waals surface area contributed by atoms with Crippen molar-refractivity contribution in [3.63, 3.8) is 0 Å². The number of hydrogen-bond acceptors (Lipinski definition) is 3. The van der Waals surface area contributed by atoms with Crippen LogP contribution in [0.1, 0.15) is 32.8 Å². The van der Waals surface area contributed by atoms with Gasteiger partial charge in [-0.1, -0.05) is 0 Å². The SMILES string of the molecule is CC(C)NC(=O)C[C@@H](C)Nc1cc(C(F)(F)F)ccn1. The summed E-state index contributed by atoms with van der Waals surface area (Å²) in [5, 5.41) is 5.50. The maximum absolute atomic E-state index is 12.5. The van der Waals surface area contributed by atoms with Gasteiger partial charge < -0.3 is 10.6 Å². The summed E-state index contributed by atoms with van der Waals surface area (Å²) in [6.45, 7) is 5.39. The largest absolute Gasteiger partial charge is 0.416 e. The molecule has 20 heavy (non-hydrogen) atoms. The summed E-state index contributed by atoms with van der Waals surface area (Å²) in [6.07, 6.45) is -3.15. The van der Waals surface area contributed by atoms with Crippen molar-refractivity contribution in [2.45, 2.75) is 45.5 Å². The van der Waals surface area contributed by atoms with Gasteiger partial charge in [-0.2, -0.15) is 13.2 Å². The second-order valence-corrected chi connectivity index (χ2v) is 4.90. The van der Waals surface area contributed by atoms with E-state index in [-0.39, 0.29) is 30.2 Å². The Labute approximate surface area is 115 Å². The molecule has 1 atom stereocenters. The molecule has 0 aromatic carbocycles. The monoisotopic (exact) mass is 289 g/mol. The van der Waals surface area contributed by atoms with Crippen molar-refractivity contribution in [2.75, 3.05) is 5.32 Å². The molecule has 4 nitrogen and oxygen atoms in total. The average molecular weight is 289 g/mol. The van der Waals surface area contributed by atoms with Crippen LogP contribution in [0, 0.1) is 0 Å². The topological polar surface area (TPSA) is 54.0 Å². The van der Waals surface area contributed by atoms with Gasteiger partial charge in [0.2, 0.25) is 5.91 Å². The molecule has 0 spiro atoms. The van der Waals surface area contributed by atoms with Crippen LogP contribution < -0.4 is 10.6 Å². The Morgan fingerprint density at radius 1 is 1.35 bits per heavy atom. The molecule has 0 aliphatic heterocycles. The molecule has 0 bridgehead atoms. The number of pyridine rings is 1. The van der Waals surface area contributed by atoms with E-state index in [9.17, 15) is 18.0 Å². The molecule has 0 aliphatic rings. The number of anilines is 1. The van der Waals surface area contributed by atoms with Gasteiger partial charge in [0, 0.05) is 24.7 Å². The van der Waals surface area contributed by atoms with E-state index in [4.69, 9.17) is 0 Å². The van der Waals surface area contributed by atoms with Crippen molar-refractivity contribution in [2.24, 2.45) is 0 Å². The highest BCUT2D eigenvalue weighted by Gasteiger charge is 2.30. The van der Waals surface area contributed by atoms with Crippen LogP contribution in [-0.4, -0.2) is 23.0 Å². The standard InChI is InChI=1S/C13H18F3N3O/c1-8(2)18-12(20)6-9(3)19-11-7-10(4-5-17-11)13(14,15)16/h4-5,7-9H,6H2,1-3H3,(H,17,19)(H,18,20)/t9-/m1/s1. The molecule has 0 aliphatic carbocycles. The van der Waals surface area contributed by atoms with Crippen molar-refractivity contribution in [3.05, 3.63) is 23.9 Å². The van der Waals surface area contributed by atoms with Crippen LogP contribution in [0.3, 0.4) is 0 Å². The van der Waals surface area contributed by atoms with E-state index >= 15 is 0 Å². The number of aromatic nitrogens is 1. The molecule has 1 aromatic rings. The predicted molar refractivity (Wildman–Crippen MR) is 70.2 cm³/mol. The van der Waals surface area contributed by atoms with E-state index in [0.29, 0.717) is 0 Å². The molecule has 0 unspecified atom stereocenters. The van der Waals surface area contributed by atoms with Gasteiger partial charge in [-0.15, -0.1) is 0 Å².